The van der Waals surface area contributed by atoms with Gasteiger partial charge in [-0.05, 0) is 25.0 Å². The van der Waals surface area contributed by atoms with Crippen LogP contribution in [0.1, 0.15) is 96.8 Å². The highest BCUT2D eigenvalue weighted by atomic mass is 14.7. The summed E-state index contributed by atoms with van der Waals surface area (Å²) in [5, 5.41) is 0. The summed E-state index contributed by atoms with van der Waals surface area (Å²) >= 11 is 0. The minimum atomic E-state index is 1.15. The van der Waals surface area contributed by atoms with Crippen molar-refractivity contribution in [2.75, 3.05) is 0 Å². The second kappa shape index (κ2) is 14.1. The molecule has 0 radical (unpaired) electrons. The van der Waals surface area contributed by atoms with Crippen molar-refractivity contribution in [2.45, 2.75) is 96.8 Å². The molecule has 1 aliphatic heterocycles. The van der Waals surface area contributed by atoms with E-state index in [0.717, 1.165) is 5.70 Å². The average molecular weight is 290 g/mol. The highest BCUT2D eigenvalue weighted by Gasteiger charge is 1.94. The molecule has 21 heavy (non-hydrogen) atoms. The van der Waals surface area contributed by atoms with Gasteiger partial charge >= 0.3 is 0 Å². The molecule has 1 heteroatoms. The number of allylic oxidation sites excluding steroid dienone is 3. The van der Waals surface area contributed by atoms with Crippen LogP contribution in [-0.2, 0) is 0 Å². The number of unbranched alkanes of at least 4 members (excludes halogenated alkanes) is 13. The molecule has 1 heterocycles. The van der Waals surface area contributed by atoms with Crippen molar-refractivity contribution in [2.24, 2.45) is 4.99 Å². The third kappa shape index (κ3) is 11.5. The molecule has 1 aliphatic rings. The molecule has 0 saturated carbocycles. The Bertz CT molecular complexity index is 298. The van der Waals surface area contributed by atoms with E-state index in [9.17, 15) is 0 Å². The minimum Gasteiger partial charge on any atom is -0.257 e. The zero-order chi connectivity index (χ0) is 15.0. The molecule has 0 saturated heterocycles. The first-order chi connectivity index (χ1) is 10.4. The first kappa shape index (κ1) is 18.2. The fourth-order valence-corrected chi connectivity index (χ4v) is 2.85. The lowest BCUT2D eigenvalue weighted by Crippen LogP contribution is -1.83. The zero-order valence-electron chi connectivity index (χ0n) is 14.2. The molecule has 0 aliphatic carbocycles. The van der Waals surface area contributed by atoms with Crippen molar-refractivity contribution in [3.63, 3.8) is 0 Å². The van der Waals surface area contributed by atoms with Crippen LogP contribution in [0.4, 0.5) is 0 Å². The van der Waals surface area contributed by atoms with Crippen LogP contribution < -0.4 is 0 Å². The molecule has 0 aromatic heterocycles. The van der Waals surface area contributed by atoms with Crippen molar-refractivity contribution >= 4 is 6.21 Å². The molecule has 0 atom stereocenters. The maximum absolute atomic E-state index is 4.26. The predicted molar refractivity (Wildman–Crippen MR) is 96.0 cm³/mol. The second-order valence-electron chi connectivity index (χ2n) is 6.30. The summed E-state index contributed by atoms with van der Waals surface area (Å²) in [6, 6.07) is 0. The van der Waals surface area contributed by atoms with Crippen LogP contribution in [0.5, 0.6) is 0 Å². The molecule has 0 aromatic rings. The van der Waals surface area contributed by atoms with Crippen molar-refractivity contribution in [1.82, 2.24) is 0 Å². The van der Waals surface area contributed by atoms with Gasteiger partial charge in [-0.3, -0.25) is 4.99 Å². The summed E-state index contributed by atoms with van der Waals surface area (Å²) in [4.78, 5) is 4.26. The highest BCUT2D eigenvalue weighted by Crippen LogP contribution is 2.13. The third-order valence-corrected chi connectivity index (χ3v) is 4.24. The lowest BCUT2D eigenvalue weighted by atomic mass is 10.0. The van der Waals surface area contributed by atoms with Crippen molar-refractivity contribution in [3.8, 4) is 0 Å². The standard InChI is InChI=1S/C20H35N/c1-2-3-4-5-6-7-8-9-10-11-12-13-14-15-17-20-18-16-19-21-20/h16-19H,2-15H2,1H3/b20-17-. The van der Waals surface area contributed by atoms with Gasteiger partial charge in [0.15, 0.2) is 0 Å². The Morgan fingerprint density at radius 2 is 1.29 bits per heavy atom. The van der Waals surface area contributed by atoms with Gasteiger partial charge in [0.05, 0.1) is 5.70 Å². The summed E-state index contributed by atoms with van der Waals surface area (Å²) in [6.07, 6.45) is 28.0. The second-order valence-corrected chi connectivity index (χ2v) is 6.30. The van der Waals surface area contributed by atoms with Crippen molar-refractivity contribution < 1.29 is 0 Å². The Kier molecular flexibility index (Phi) is 12.2. The molecular weight excluding hydrogens is 254 g/mol. The van der Waals surface area contributed by atoms with Gasteiger partial charge in [-0.15, -0.1) is 0 Å². The van der Waals surface area contributed by atoms with E-state index in [0.29, 0.717) is 0 Å². The van der Waals surface area contributed by atoms with E-state index in [2.05, 4.69) is 24.1 Å². The summed E-state index contributed by atoms with van der Waals surface area (Å²) in [5.74, 6) is 0. The first-order valence-corrected chi connectivity index (χ1v) is 9.34. The van der Waals surface area contributed by atoms with Gasteiger partial charge in [-0.25, -0.2) is 0 Å². The Morgan fingerprint density at radius 3 is 1.76 bits per heavy atom. The topological polar surface area (TPSA) is 12.4 Å². The minimum absolute atomic E-state index is 1.15. The van der Waals surface area contributed by atoms with Crippen LogP contribution in [0.3, 0.4) is 0 Å². The normalized spacial score (nSPS) is 15.4. The Balaban J connectivity index is 1.72. The molecular formula is C20H35N. The lowest BCUT2D eigenvalue weighted by molar-refractivity contribution is 0.540. The Morgan fingerprint density at radius 1 is 0.762 bits per heavy atom. The van der Waals surface area contributed by atoms with E-state index in [1.54, 1.807) is 0 Å². The average Bonchev–Trinajstić information content (AvgIpc) is 3.01. The third-order valence-electron chi connectivity index (χ3n) is 4.24. The zero-order valence-corrected chi connectivity index (χ0v) is 14.2. The fourth-order valence-electron chi connectivity index (χ4n) is 2.85. The predicted octanol–water partition coefficient (Wildman–Crippen LogP) is 6.99. The lowest BCUT2D eigenvalue weighted by Gasteiger charge is -2.02. The molecule has 1 nitrogen and oxygen atoms in total. The molecule has 0 aromatic carbocycles. The number of hydrogen-bond donors (Lipinski definition) is 0. The van der Waals surface area contributed by atoms with Crippen LogP contribution in [0, 0.1) is 0 Å². The molecule has 0 unspecified atom stereocenters. The monoisotopic (exact) mass is 289 g/mol. The van der Waals surface area contributed by atoms with Crippen LogP contribution >= 0.6 is 0 Å². The van der Waals surface area contributed by atoms with E-state index in [4.69, 9.17) is 0 Å². The van der Waals surface area contributed by atoms with E-state index in [1.165, 1.54) is 89.9 Å². The van der Waals surface area contributed by atoms with E-state index >= 15 is 0 Å². The summed E-state index contributed by atoms with van der Waals surface area (Å²) < 4.78 is 0. The Hall–Kier alpha value is -0.850. The van der Waals surface area contributed by atoms with Crippen molar-refractivity contribution in [1.29, 1.82) is 0 Å². The first-order valence-electron chi connectivity index (χ1n) is 9.34. The molecule has 120 valence electrons. The van der Waals surface area contributed by atoms with Gasteiger partial charge in [-0.1, -0.05) is 90.0 Å². The summed E-state index contributed by atoms with van der Waals surface area (Å²) in [6.45, 7) is 2.29. The molecule has 0 amide bonds. The van der Waals surface area contributed by atoms with E-state index < -0.39 is 0 Å². The van der Waals surface area contributed by atoms with Gasteiger partial charge in [-0.2, -0.15) is 0 Å². The maximum Gasteiger partial charge on any atom is 0.0590 e. The summed E-state index contributed by atoms with van der Waals surface area (Å²) in [7, 11) is 0. The van der Waals surface area contributed by atoms with Crippen molar-refractivity contribution in [3.05, 3.63) is 23.9 Å². The molecule has 0 bridgehead atoms. The quantitative estimate of drug-likeness (QED) is 0.305. The Labute approximate surface area is 132 Å². The van der Waals surface area contributed by atoms with Gasteiger partial charge in [0.1, 0.15) is 0 Å². The van der Waals surface area contributed by atoms with Crippen LogP contribution in [-0.4, -0.2) is 6.21 Å². The van der Waals surface area contributed by atoms with Crippen LogP contribution in [0.15, 0.2) is 28.9 Å². The van der Waals surface area contributed by atoms with Crippen LogP contribution in [0.2, 0.25) is 0 Å². The molecule has 0 fully saturated rings. The van der Waals surface area contributed by atoms with E-state index in [1.807, 2.05) is 12.3 Å². The van der Waals surface area contributed by atoms with Crippen LogP contribution in [0.25, 0.3) is 0 Å². The SMILES string of the molecule is CCCCCCCCCCCCCCC/C=C1/C=CC=N1. The van der Waals surface area contributed by atoms with Gasteiger partial charge < -0.3 is 0 Å². The molecule has 0 N–H and O–H groups in total. The number of rotatable bonds is 14. The summed E-state index contributed by atoms with van der Waals surface area (Å²) in [5.41, 5.74) is 1.15. The van der Waals surface area contributed by atoms with E-state index in [-0.39, 0.29) is 0 Å². The maximum atomic E-state index is 4.26. The van der Waals surface area contributed by atoms with Gasteiger partial charge in [0, 0.05) is 6.21 Å². The fraction of sp³-hybridized carbons (Fsp3) is 0.750. The smallest absolute Gasteiger partial charge is 0.0590 e. The van der Waals surface area contributed by atoms with Gasteiger partial charge in [0.2, 0.25) is 0 Å². The number of nitrogens with zero attached hydrogens (tertiary/aromatic N) is 1. The highest BCUT2D eigenvalue weighted by molar-refractivity contribution is 5.76. The molecule has 1 rings (SSSR count). The number of aliphatic imine (C=N–C) groups is 1. The molecule has 0 spiro atoms. The van der Waals surface area contributed by atoms with Gasteiger partial charge in [0.25, 0.3) is 0 Å². The number of hydrogen-bond acceptors (Lipinski definition) is 1. The largest absolute Gasteiger partial charge is 0.257 e.